The van der Waals surface area contributed by atoms with E-state index in [0.717, 1.165) is 12.5 Å². The van der Waals surface area contributed by atoms with Gasteiger partial charge in [-0.15, -0.1) is 0 Å². The van der Waals surface area contributed by atoms with E-state index in [1.807, 2.05) is 0 Å². The van der Waals surface area contributed by atoms with Crippen molar-refractivity contribution in [2.75, 3.05) is 6.61 Å². The van der Waals surface area contributed by atoms with Gasteiger partial charge in [-0.25, -0.2) is 0 Å². The number of hydrogen-bond donors (Lipinski definition) is 0. The summed E-state index contributed by atoms with van der Waals surface area (Å²) in [5, 5.41) is 0. The summed E-state index contributed by atoms with van der Waals surface area (Å²) < 4.78 is 5.39. The minimum Gasteiger partial charge on any atom is -0.374 e. The molecule has 1 heteroatoms. The molecule has 1 aliphatic carbocycles. The Labute approximate surface area is 49.3 Å². The van der Waals surface area contributed by atoms with Crippen LogP contribution in [0.1, 0.15) is 12.8 Å². The van der Waals surface area contributed by atoms with Gasteiger partial charge in [0.1, 0.15) is 0 Å². The summed E-state index contributed by atoms with van der Waals surface area (Å²) in [6.07, 6.45) is 7.55. The van der Waals surface area contributed by atoms with E-state index in [9.17, 15) is 0 Å². The van der Waals surface area contributed by atoms with E-state index in [0.29, 0.717) is 6.10 Å². The van der Waals surface area contributed by atoms with Crippen LogP contribution in [0.2, 0.25) is 0 Å². The highest BCUT2D eigenvalue weighted by Crippen LogP contribution is 2.38. The molecule has 1 saturated carbocycles. The topological polar surface area (TPSA) is 9.23 Å². The zero-order valence-electron chi connectivity index (χ0n) is 4.84. The van der Waals surface area contributed by atoms with Gasteiger partial charge >= 0.3 is 0 Å². The van der Waals surface area contributed by atoms with Gasteiger partial charge in [0.2, 0.25) is 0 Å². The Kier molecular flexibility index (Phi) is 0.908. The van der Waals surface area contributed by atoms with Gasteiger partial charge in [0.15, 0.2) is 0 Å². The van der Waals surface area contributed by atoms with Gasteiger partial charge in [0.25, 0.3) is 0 Å². The fourth-order valence-electron chi connectivity index (χ4n) is 1.19. The Morgan fingerprint density at radius 3 is 3.38 bits per heavy atom. The molecule has 44 valence electrons. The van der Waals surface area contributed by atoms with Crippen molar-refractivity contribution >= 4 is 0 Å². The van der Waals surface area contributed by atoms with Crippen molar-refractivity contribution in [3.05, 3.63) is 12.2 Å². The van der Waals surface area contributed by atoms with Gasteiger partial charge in [-0.1, -0.05) is 12.2 Å². The van der Waals surface area contributed by atoms with Gasteiger partial charge in [0, 0.05) is 0 Å². The second kappa shape index (κ2) is 1.59. The molecule has 2 atom stereocenters. The minimum atomic E-state index is 0.630. The van der Waals surface area contributed by atoms with Gasteiger partial charge in [-0.2, -0.15) is 0 Å². The van der Waals surface area contributed by atoms with Crippen LogP contribution in [0.25, 0.3) is 0 Å². The zero-order valence-corrected chi connectivity index (χ0v) is 4.84. The number of rotatable bonds is 0. The molecule has 2 rings (SSSR count). The van der Waals surface area contributed by atoms with Crippen molar-refractivity contribution < 1.29 is 4.74 Å². The maximum absolute atomic E-state index is 5.39. The lowest BCUT2D eigenvalue weighted by molar-refractivity contribution is 0.139. The highest BCUT2D eigenvalue weighted by Gasteiger charge is 2.37. The third kappa shape index (κ3) is 0.671. The van der Waals surface area contributed by atoms with Crippen LogP contribution in [0, 0.1) is 5.92 Å². The second-order valence-corrected chi connectivity index (χ2v) is 2.57. The Morgan fingerprint density at radius 1 is 1.38 bits per heavy atom. The number of ether oxygens (including phenoxy) is 1. The Bertz CT molecular complexity index is 118. The molecule has 0 aromatic heterocycles. The van der Waals surface area contributed by atoms with E-state index in [-0.39, 0.29) is 0 Å². The van der Waals surface area contributed by atoms with Gasteiger partial charge in [0.05, 0.1) is 12.7 Å². The summed E-state index contributed by atoms with van der Waals surface area (Å²) in [6.45, 7) is 0.848. The van der Waals surface area contributed by atoms with Crippen LogP contribution in [0.3, 0.4) is 0 Å². The molecular weight excluding hydrogens is 100 g/mol. The fraction of sp³-hybridized carbons (Fsp3) is 0.714. The molecule has 0 N–H and O–H groups in total. The first-order chi connectivity index (χ1) is 3.97. The van der Waals surface area contributed by atoms with Crippen molar-refractivity contribution in [2.24, 2.45) is 5.92 Å². The lowest BCUT2D eigenvalue weighted by Gasteiger charge is -1.91. The van der Waals surface area contributed by atoms with E-state index in [4.69, 9.17) is 4.74 Å². The molecule has 0 saturated heterocycles. The summed E-state index contributed by atoms with van der Waals surface area (Å²) in [4.78, 5) is 0. The van der Waals surface area contributed by atoms with Crippen LogP contribution in [0.15, 0.2) is 12.2 Å². The SMILES string of the molecule is C1=CCC2CC2OC1. The van der Waals surface area contributed by atoms with Crippen LogP contribution in [-0.4, -0.2) is 12.7 Å². The van der Waals surface area contributed by atoms with Gasteiger partial charge < -0.3 is 4.74 Å². The number of allylic oxidation sites excluding steroid dienone is 1. The number of hydrogen-bond acceptors (Lipinski definition) is 1. The summed E-state index contributed by atoms with van der Waals surface area (Å²) in [7, 11) is 0. The molecule has 0 spiro atoms. The van der Waals surface area contributed by atoms with E-state index >= 15 is 0 Å². The van der Waals surface area contributed by atoms with Crippen LogP contribution in [0.4, 0.5) is 0 Å². The maximum atomic E-state index is 5.39. The third-order valence-electron chi connectivity index (χ3n) is 1.87. The average molecular weight is 110 g/mol. The summed E-state index contributed by atoms with van der Waals surface area (Å²) in [5.41, 5.74) is 0. The molecule has 0 radical (unpaired) electrons. The quantitative estimate of drug-likeness (QED) is 0.428. The van der Waals surface area contributed by atoms with Crippen LogP contribution < -0.4 is 0 Å². The smallest absolute Gasteiger partial charge is 0.0651 e. The molecule has 0 aromatic carbocycles. The summed E-state index contributed by atoms with van der Waals surface area (Å²) >= 11 is 0. The van der Waals surface area contributed by atoms with Crippen molar-refractivity contribution in [1.82, 2.24) is 0 Å². The lowest BCUT2D eigenvalue weighted by Crippen LogP contribution is -1.92. The van der Waals surface area contributed by atoms with Crippen LogP contribution >= 0.6 is 0 Å². The average Bonchev–Trinajstić information content (AvgIpc) is 2.36. The van der Waals surface area contributed by atoms with Crippen LogP contribution in [-0.2, 0) is 4.74 Å². The van der Waals surface area contributed by atoms with Crippen molar-refractivity contribution in [1.29, 1.82) is 0 Å². The molecule has 0 amide bonds. The minimum absolute atomic E-state index is 0.630. The molecule has 2 aliphatic rings. The first-order valence-corrected chi connectivity index (χ1v) is 3.23. The molecule has 2 unspecified atom stereocenters. The van der Waals surface area contributed by atoms with Crippen LogP contribution in [0.5, 0.6) is 0 Å². The monoisotopic (exact) mass is 110 g/mol. The molecule has 1 fully saturated rings. The molecular formula is C7H10O. The molecule has 0 aromatic rings. The van der Waals surface area contributed by atoms with Gasteiger partial charge in [-0.05, 0) is 18.8 Å². The number of fused-ring (bicyclic) bond motifs is 1. The van der Waals surface area contributed by atoms with Crippen molar-refractivity contribution in [3.63, 3.8) is 0 Å². The highest BCUT2D eigenvalue weighted by atomic mass is 16.5. The largest absolute Gasteiger partial charge is 0.374 e. The Hall–Kier alpha value is -0.300. The molecule has 1 nitrogen and oxygen atoms in total. The predicted octanol–water partition coefficient (Wildman–Crippen LogP) is 1.35. The molecule has 8 heavy (non-hydrogen) atoms. The Balaban J connectivity index is 2.00. The van der Waals surface area contributed by atoms with Crippen molar-refractivity contribution in [3.8, 4) is 0 Å². The van der Waals surface area contributed by atoms with E-state index < -0.39 is 0 Å². The van der Waals surface area contributed by atoms with Gasteiger partial charge in [-0.3, -0.25) is 0 Å². The predicted molar refractivity (Wildman–Crippen MR) is 31.6 cm³/mol. The molecule has 1 heterocycles. The first-order valence-electron chi connectivity index (χ1n) is 3.23. The third-order valence-corrected chi connectivity index (χ3v) is 1.87. The molecule has 0 bridgehead atoms. The maximum Gasteiger partial charge on any atom is 0.0651 e. The normalized spacial score (nSPS) is 43.0. The molecule has 1 aliphatic heterocycles. The van der Waals surface area contributed by atoms with E-state index in [1.54, 1.807) is 0 Å². The summed E-state index contributed by atoms with van der Waals surface area (Å²) in [5.74, 6) is 0.883. The standard InChI is InChI=1S/C7H10O/c1-2-4-8-7-5-6(7)3-1/h1-2,6-7H,3-5H2. The van der Waals surface area contributed by atoms with E-state index in [2.05, 4.69) is 12.2 Å². The summed E-state index contributed by atoms with van der Waals surface area (Å²) in [6, 6.07) is 0. The fourth-order valence-corrected chi connectivity index (χ4v) is 1.19. The van der Waals surface area contributed by atoms with E-state index in [1.165, 1.54) is 12.8 Å². The zero-order chi connectivity index (χ0) is 5.40. The second-order valence-electron chi connectivity index (χ2n) is 2.57. The Morgan fingerprint density at radius 2 is 2.38 bits per heavy atom. The highest BCUT2D eigenvalue weighted by molar-refractivity contribution is 4.98. The first kappa shape index (κ1) is 4.57. The van der Waals surface area contributed by atoms with Crippen molar-refractivity contribution in [2.45, 2.75) is 18.9 Å². The lowest BCUT2D eigenvalue weighted by atomic mass is 10.3.